The molecule has 14 heteroatoms. The van der Waals surface area contributed by atoms with Gasteiger partial charge in [0, 0.05) is 12.8 Å². The summed E-state index contributed by atoms with van der Waals surface area (Å²) >= 11 is 0. The molecule has 3 nitrogen and oxygen atoms in total. The van der Waals surface area contributed by atoms with E-state index < -0.39 is 51.7 Å². The summed E-state index contributed by atoms with van der Waals surface area (Å²) in [6.07, 6.45) is -17.7. The van der Waals surface area contributed by atoms with Gasteiger partial charge in [-0.15, -0.1) is 0 Å². The van der Waals surface area contributed by atoms with Crippen LogP contribution in [-0.4, -0.2) is 34.0 Å². The molecule has 0 rings (SSSR count). The average molecular weight is 362 g/mol. The molecule has 0 spiro atoms. The molecule has 0 atom stereocenters. The first-order valence-corrected chi connectivity index (χ1v) is 6.05. The molecule has 0 saturated carbocycles. The van der Waals surface area contributed by atoms with E-state index in [0.29, 0.717) is 0 Å². The van der Waals surface area contributed by atoms with Gasteiger partial charge in [-0.05, 0) is 6.42 Å². The number of hydrogen-bond donors (Lipinski definition) is 2. The molecule has 0 heterocycles. The van der Waals surface area contributed by atoms with Crippen LogP contribution in [0, 0.1) is 0 Å². The Balaban J connectivity index is 0. The average Bonchev–Trinajstić information content (AvgIpc) is 2.11. The van der Waals surface area contributed by atoms with Crippen molar-refractivity contribution in [1.29, 1.82) is 0 Å². The minimum atomic E-state index is -5.96. The minimum absolute atomic E-state index is 1.60. The Bertz CT molecular complexity index is 307. The van der Waals surface area contributed by atoms with E-state index in [1.807, 2.05) is 0 Å². The van der Waals surface area contributed by atoms with Gasteiger partial charge in [-0.25, -0.2) is 0 Å². The largest absolute Gasteiger partial charge is 0.453 e. The zero-order valence-corrected chi connectivity index (χ0v) is 10.7. The van der Waals surface area contributed by atoms with E-state index >= 15 is 0 Å². The second-order valence-corrected chi connectivity index (χ2v) is 4.11. The maximum Gasteiger partial charge on any atom is 0.453 e. The SMILES string of the molecule is FC(F)(F)C(F)(F)CCCC(F)(F)C(F)(F)F.O=[PH](O)O. The topological polar surface area (TPSA) is 57.5 Å². The Morgan fingerprint density at radius 2 is 0.857 bits per heavy atom. The van der Waals surface area contributed by atoms with E-state index in [4.69, 9.17) is 14.4 Å². The first-order chi connectivity index (χ1) is 8.94. The van der Waals surface area contributed by atoms with Crippen molar-refractivity contribution in [3.63, 3.8) is 0 Å². The minimum Gasteiger partial charge on any atom is -0.326 e. The van der Waals surface area contributed by atoms with Crippen LogP contribution in [0.25, 0.3) is 0 Å². The van der Waals surface area contributed by atoms with Crippen molar-refractivity contribution in [1.82, 2.24) is 0 Å². The van der Waals surface area contributed by atoms with Gasteiger partial charge in [-0.2, -0.15) is 43.9 Å². The zero-order valence-electron chi connectivity index (χ0n) is 9.70. The third-order valence-corrected chi connectivity index (χ3v) is 1.81. The van der Waals surface area contributed by atoms with Gasteiger partial charge in [0.1, 0.15) is 0 Å². The quantitative estimate of drug-likeness (QED) is 0.589. The maximum atomic E-state index is 12.2. The zero-order chi connectivity index (χ0) is 17.7. The Hall–Kier alpha value is -0.550. The van der Waals surface area contributed by atoms with Crippen molar-refractivity contribution in [3.05, 3.63) is 0 Å². The Labute approximate surface area is 111 Å². The van der Waals surface area contributed by atoms with Crippen molar-refractivity contribution in [2.75, 3.05) is 0 Å². The molecule has 0 aromatic rings. The van der Waals surface area contributed by atoms with E-state index in [0.717, 1.165) is 0 Å². The van der Waals surface area contributed by atoms with Crippen LogP contribution >= 0.6 is 8.25 Å². The molecule has 130 valence electrons. The van der Waals surface area contributed by atoms with Gasteiger partial charge in [-0.3, -0.25) is 4.57 Å². The smallest absolute Gasteiger partial charge is 0.326 e. The molecular formula is C7H9F10O3P. The van der Waals surface area contributed by atoms with Gasteiger partial charge in [-0.1, -0.05) is 0 Å². The van der Waals surface area contributed by atoms with Crippen molar-refractivity contribution in [3.8, 4) is 0 Å². The number of rotatable bonds is 4. The lowest BCUT2D eigenvalue weighted by Crippen LogP contribution is -2.39. The second-order valence-electron chi connectivity index (χ2n) is 3.54. The monoisotopic (exact) mass is 362 g/mol. The summed E-state index contributed by atoms with van der Waals surface area (Å²) in [4.78, 5) is 14.3. The molecule has 0 bridgehead atoms. The molecule has 0 aliphatic rings. The fraction of sp³-hybridized carbons (Fsp3) is 1.00. The third-order valence-electron chi connectivity index (χ3n) is 1.81. The predicted molar refractivity (Wildman–Crippen MR) is 49.3 cm³/mol. The lowest BCUT2D eigenvalue weighted by Gasteiger charge is -2.22. The summed E-state index contributed by atoms with van der Waals surface area (Å²) in [5, 5.41) is 0. The number of hydrogen-bond acceptors (Lipinski definition) is 1. The molecule has 0 aromatic carbocycles. The van der Waals surface area contributed by atoms with Gasteiger partial charge in [0.15, 0.2) is 0 Å². The van der Waals surface area contributed by atoms with E-state index in [9.17, 15) is 43.9 Å². The van der Waals surface area contributed by atoms with Crippen LogP contribution in [0.4, 0.5) is 43.9 Å². The third kappa shape index (κ3) is 9.14. The molecule has 0 radical (unpaired) electrons. The van der Waals surface area contributed by atoms with E-state index in [2.05, 4.69) is 0 Å². The molecule has 2 N–H and O–H groups in total. The molecular weight excluding hydrogens is 353 g/mol. The van der Waals surface area contributed by atoms with Gasteiger partial charge in [0.2, 0.25) is 0 Å². The summed E-state index contributed by atoms with van der Waals surface area (Å²) in [7, 11) is -3.13. The van der Waals surface area contributed by atoms with Crippen LogP contribution in [-0.2, 0) is 4.57 Å². The van der Waals surface area contributed by atoms with Crippen LogP contribution in [0.3, 0.4) is 0 Å². The fourth-order valence-electron chi connectivity index (χ4n) is 0.816. The van der Waals surface area contributed by atoms with Crippen LogP contribution in [0.2, 0.25) is 0 Å². The first kappa shape index (κ1) is 22.7. The molecule has 0 amide bonds. The van der Waals surface area contributed by atoms with Crippen molar-refractivity contribution in [2.45, 2.75) is 43.5 Å². The Morgan fingerprint density at radius 1 is 0.667 bits per heavy atom. The van der Waals surface area contributed by atoms with Gasteiger partial charge < -0.3 is 9.79 Å². The molecule has 0 saturated heterocycles. The molecule has 0 unspecified atom stereocenters. The van der Waals surface area contributed by atoms with Crippen LogP contribution in [0.5, 0.6) is 0 Å². The van der Waals surface area contributed by atoms with Crippen molar-refractivity contribution in [2.24, 2.45) is 0 Å². The van der Waals surface area contributed by atoms with Crippen molar-refractivity contribution < 1.29 is 58.3 Å². The predicted octanol–water partition coefficient (Wildman–Crippen LogP) is 3.91. The molecule has 0 aliphatic carbocycles. The highest BCUT2D eigenvalue weighted by Crippen LogP contribution is 2.43. The van der Waals surface area contributed by atoms with Crippen molar-refractivity contribution >= 4 is 8.25 Å². The first-order valence-electron chi connectivity index (χ1n) is 4.75. The Kier molecular flexibility index (Phi) is 8.26. The van der Waals surface area contributed by atoms with E-state index in [1.165, 1.54) is 0 Å². The number of alkyl halides is 10. The number of halogens is 10. The summed E-state index contributed by atoms with van der Waals surface area (Å²) in [5.74, 6) is -10.5. The summed E-state index contributed by atoms with van der Waals surface area (Å²) in [6, 6.07) is 0. The fourth-order valence-corrected chi connectivity index (χ4v) is 0.816. The highest BCUT2D eigenvalue weighted by Gasteiger charge is 2.59. The van der Waals surface area contributed by atoms with E-state index in [-0.39, 0.29) is 0 Å². The molecule has 21 heavy (non-hydrogen) atoms. The molecule has 0 aromatic heterocycles. The highest BCUT2D eigenvalue weighted by molar-refractivity contribution is 7.30. The van der Waals surface area contributed by atoms with E-state index in [1.54, 1.807) is 0 Å². The lowest BCUT2D eigenvalue weighted by atomic mass is 10.1. The summed E-state index contributed by atoms with van der Waals surface area (Å²) in [6.45, 7) is 0. The molecule has 0 aliphatic heterocycles. The molecule has 0 fully saturated rings. The van der Waals surface area contributed by atoms with Crippen LogP contribution in [0.1, 0.15) is 19.3 Å². The normalized spacial score (nSPS) is 14.0. The van der Waals surface area contributed by atoms with Crippen LogP contribution < -0.4 is 0 Å². The second kappa shape index (κ2) is 7.63. The highest BCUT2D eigenvalue weighted by atomic mass is 31.1. The summed E-state index contributed by atoms with van der Waals surface area (Å²) < 4.78 is 127. The van der Waals surface area contributed by atoms with Gasteiger partial charge in [0.05, 0.1) is 0 Å². The standard InChI is InChI=1S/C7H6F10.H3O3P/c8-4(9,6(12,13)14)2-1-3-5(10,11)7(15,16)17;1-4(2)3/h1-3H2;4H,(H2,1,2,3). The van der Waals surface area contributed by atoms with Gasteiger partial charge in [0.25, 0.3) is 0 Å². The van der Waals surface area contributed by atoms with Gasteiger partial charge >= 0.3 is 32.5 Å². The maximum absolute atomic E-state index is 12.2. The Morgan fingerprint density at radius 3 is 1.00 bits per heavy atom. The lowest BCUT2D eigenvalue weighted by molar-refractivity contribution is -0.295. The summed E-state index contributed by atoms with van der Waals surface area (Å²) in [5.41, 5.74) is 0. The van der Waals surface area contributed by atoms with Crippen LogP contribution in [0.15, 0.2) is 0 Å².